The predicted molar refractivity (Wildman–Crippen MR) is 59.5 cm³/mol. The Bertz CT molecular complexity index is 558. The normalized spacial score (nSPS) is 10.3. The molecule has 0 atom stereocenters. The molecule has 2 nitrogen and oxygen atoms in total. The van der Waals surface area contributed by atoms with Crippen molar-refractivity contribution >= 4 is 11.6 Å². The third-order valence-electron chi connectivity index (χ3n) is 2.04. The van der Waals surface area contributed by atoms with Gasteiger partial charge in [-0.05, 0) is 24.3 Å². The number of rotatable bonds is 2. The number of phenolic OH excluding ortho intramolecular Hbond substituents is 1. The van der Waals surface area contributed by atoms with Gasteiger partial charge in [0.15, 0.2) is 23.1 Å². The maximum atomic E-state index is 13.3. The van der Waals surface area contributed by atoms with Crippen LogP contribution < -0.4 is 4.74 Å². The summed E-state index contributed by atoms with van der Waals surface area (Å²) in [7, 11) is 0. The van der Waals surface area contributed by atoms with Crippen LogP contribution in [0, 0.1) is 11.6 Å². The SMILES string of the molecule is Oc1ccc(Cl)cc1Oc1ccc(F)cc1F. The molecule has 17 heavy (non-hydrogen) atoms. The van der Waals surface area contributed by atoms with Crippen molar-refractivity contribution in [1.29, 1.82) is 0 Å². The molecule has 2 aromatic rings. The van der Waals surface area contributed by atoms with E-state index in [0.29, 0.717) is 11.1 Å². The second-order valence-electron chi connectivity index (χ2n) is 3.29. The molecule has 5 heteroatoms. The molecule has 0 fully saturated rings. The third-order valence-corrected chi connectivity index (χ3v) is 2.27. The summed E-state index contributed by atoms with van der Waals surface area (Å²) >= 11 is 5.70. The molecule has 2 aromatic carbocycles. The number of ether oxygens (including phenoxy) is 1. The number of benzene rings is 2. The highest BCUT2D eigenvalue weighted by Gasteiger charge is 2.09. The molecule has 0 bridgehead atoms. The maximum Gasteiger partial charge on any atom is 0.170 e. The molecule has 0 aliphatic rings. The minimum atomic E-state index is -0.857. The molecular weight excluding hydrogens is 250 g/mol. The molecule has 1 N–H and O–H groups in total. The van der Waals surface area contributed by atoms with Crippen molar-refractivity contribution in [2.24, 2.45) is 0 Å². The third kappa shape index (κ3) is 2.65. The van der Waals surface area contributed by atoms with E-state index in [1.54, 1.807) is 0 Å². The Kier molecular flexibility index (Phi) is 3.15. The zero-order valence-electron chi connectivity index (χ0n) is 8.45. The number of hydrogen-bond acceptors (Lipinski definition) is 2. The Morgan fingerprint density at radius 2 is 1.76 bits per heavy atom. The van der Waals surface area contributed by atoms with Crippen LogP contribution in [0.3, 0.4) is 0 Å². The lowest BCUT2D eigenvalue weighted by Crippen LogP contribution is -1.89. The topological polar surface area (TPSA) is 29.5 Å². The van der Waals surface area contributed by atoms with Crippen molar-refractivity contribution in [3.8, 4) is 17.2 Å². The molecule has 0 aromatic heterocycles. The molecule has 2 rings (SSSR count). The van der Waals surface area contributed by atoms with Gasteiger partial charge in [-0.15, -0.1) is 0 Å². The van der Waals surface area contributed by atoms with Crippen molar-refractivity contribution < 1.29 is 18.6 Å². The first-order chi connectivity index (χ1) is 8.06. The van der Waals surface area contributed by atoms with E-state index in [4.69, 9.17) is 16.3 Å². The first-order valence-electron chi connectivity index (χ1n) is 4.67. The summed E-state index contributed by atoms with van der Waals surface area (Å²) in [6.45, 7) is 0. The van der Waals surface area contributed by atoms with Crippen molar-refractivity contribution in [1.82, 2.24) is 0 Å². The second kappa shape index (κ2) is 4.59. The summed E-state index contributed by atoms with van der Waals surface area (Å²) in [6.07, 6.45) is 0. The van der Waals surface area contributed by atoms with Crippen LogP contribution in [0.5, 0.6) is 17.2 Å². The van der Waals surface area contributed by atoms with Crippen molar-refractivity contribution in [2.75, 3.05) is 0 Å². The summed E-state index contributed by atoms with van der Waals surface area (Å²) < 4.78 is 31.1. The Morgan fingerprint density at radius 1 is 1.00 bits per heavy atom. The van der Waals surface area contributed by atoms with Gasteiger partial charge in [0.1, 0.15) is 5.82 Å². The van der Waals surface area contributed by atoms with Crippen LogP contribution in [0.1, 0.15) is 0 Å². The van der Waals surface area contributed by atoms with Crippen LogP contribution in [0.15, 0.2) is 36.4 Å². The standard InChI is InChI=1S/C12H7ClF2O2/c13-7-1-3-10(16)12(5-7)17-11-4-2-8(14)6-9(11)15/h1-6,16H. The molecule has 0 saturated heterocycles. The molecular formula is C12H7ClF2O2. The molecule has 0 aliphatic carbocycles. The summed E-state index contributed by atoms with van der Waals surface area (Å²) in [5.41, 5.74) is 0. The largest absolute Gasteiger partial charge is 0.504 e. The molecule has 88 valence electrons. The molecule has 0 saturated carbocycles. The van der Waals surface area contributed by atoms with E-state index in [9.17, 15) is 13.9 Å². The smallest absolute Gasteiger partial charge is 0.170 e. The quantitative estimate of drug-likeness (QED) is 0.876. The minimum Gasteiger partial charge on any atom is -0.504 e. The Labute approximate surface area is 101 Å². The van der Waals surface area contributed by atoms with Gasteiger partial charge in [-0.2, -0.15) is 0 Å². The van der Waals surface area contributed by atoms with Gasteiger partial charge in [0.05, 0.1) is 0 Å². The Balaban J connectivity index is 2.34. The second-order valence-corrected chi connectivity index (χ2v) is 3.73. The summed E-state index contributed by atoms with van der Waals surface area (Å²) in [5, 5.41) is 9.80. The number of phenols is 1. The van der Waals surface area contributed by atoms with Crippen molar-refractivity contribution in [3.63, 3.8) is 0 Å². The highest BCUT2D eigenvalue weighted by atomic mass is 35.5. The Hall–Kier alpha value is -1.81. The van der Waals surface area contributed by atoms with Crippen LogP contribution in [-0.2, 0) is 0 Å². The van der Waals surface area contributed by atoms with Gasteiger partial charge in [0.2, 0.25) is 0 Å². The van der Waals surface area contributed by atoms with E-state index >= 15 is 0 Å². The molecule has 0 unspecified atom stereocenters. The van der Waals surface area contributed by atoms with Gasteiger partial charge >= 0.3 is 0 Å². The highest BCUT2D eigenvalue weighted by molar-refractivity contribution is 6.30. The van der Waals surface area contributed by atoms with E-state index in [0.717, 1.165) is 12.1 Å². The molecule has 0 aliphatic heterocycles. The Morgan fingerprint density at radius 3 is 2.47 bits per heavy atom. The minimum absolute atomic E-state index is 0.00279. The zero-order chi connectivity index (χ0) is 12.4. The van der Waals surface area contributed by atoms with Crippen molar-refractivity contribution in [3.05, 3.63) is 53.1 Å². The van der Waals surface area contributed by atoms with E-state index in [2.05, 4.69) is 0 Å². The predicted octanol–water partition coefficient (Wildman–Crippen LogP) is 4.12. The molecule has 0 spiro atoms. The average Bonchev–Trinajstić information content (AvgIpc) is 2.27. The van der Waals surface area contributed by atoms with E-state index in [-0.39, 0.29) is 17.2 Å². The number of halogens is 3. The lowest BCUT2D eigenvalue weighted by molar-refractivity contribution is 0.394. The lowest BCUT2D eigenvalue weighted by Gasteiger charge is -2.08. The first-order valence-corrected chi connectivity index (χ1v) is 5.05. The first kappa shape index (κ1) is 11.7. The van der Waals surface area contributed by atoms with E-state index < -0.39 is 11.6 Å². The summed E-state index contributed by atoms with van der Waals surface area (Å²) in [6, 6.07) is 6.99. The highest BCUT2D eigenvalue weighted by Crippen LogP contribution is 2.34. The molecule has 0 heterocycles. The molecule has 0 amide bonds. The average molecular weight is 257 g/mol. The van der Waals surface area contributed by atoms with Gasteiger partial charge in [0, 0.05) is 17.2 Å². The number of aromatic hydroxyl groups is 1. The molecule has 0 radical (unpaired) electrons. The van der Waals surface area contributed by atoms with E-state index in [1.807, 2.05) is 0 Å². The van der Waals surface area contributed by atoms with Gasteiger partial charge in [0.25, 0.3) is 0 Å². The maximum absolute atomic E-state index is 13.3. The zero-order valence-corrected chi connectivity index (χ0v) is 9.21. The fourth-order valence-corrected chi connectivity index (χ4v) is 1.41. The van der Waals surface area contributed by atoms with Gasteiger partial charge in [-0.1, -0.05) is 11.6 Å². The summed E-state index contributed by atoms with van der Waals surface area (Å²) in [5.74, 6) is -1.93. The van der Waals surface area contributed by atoms with Gasteiger partial charge < -0.3 is 9.84 Å². The van der Waals surface area contributed by atoms with Crippen LogP contribution in [-0.4, -0.2) is 5.11 Å². The van der Waals surface area contributed by atoms with E-state index in [1.165, 1.54) is 18.2 Å². The van der Waals surface area contributed by atoms with Crippen LogP contribution >= 0.6 is 11.6 Å². The summed E-state index contributed by atoms with van der Waals surface area (Å²) in [4.78, 5) is 0. The van der Waals surface area contributed by atoms with Gasteiger partial charge in [-0.25, -0.2) is 8.78 Å². The van der Waals surface area contributed by atoms with Crippen molar-refractivity contribution in [2.45, 2.75) is 0 Å². The lowest BCUT2D eigenvalue weighted by atomic mass is 10.3. The number of hydrogen-bond donors (Lipinski definition) is 1. The van der Waals surface area contributed by atoms with Gasteiger partial charge in [-0.3, -0.25) is 0 Å². The fourth-order valence-electron chi connectivity index (χ4n) is 1.25. The fraction of sp³-hybridized carbons (Fsp3) is 0. The monoisotopic (exact) mass is 256 g/mol. The van der Waals surface area contributed by atoms with Crippen LogP contribution in [0.25, 0.3) is 0 Å². The van der Waals surface area contributed by atoms with Crippen LogP contribution in [0.2, 0.25) is 5.02 Å². The van der Waals surface area contributed by atoms with Crippen LogP contribution in [0.4, 0.5) is 8.78 Å².